The fourth-order valence-electron chi connectivity index (χ4n) is 5.36. The number of anilines is 3. The maximum atomic E-state index is 13.0. The molecule has 0 radical (unpaired) electrons. The second kappa shape index (κ2) is 7.14. The summed E-state index contributed by atoms with van der Waals surface area (Å²) >= 11 is 0.239. The van der Waals surface area contributed by atoms with E-state index < -0.39 is 8.07 Å². The van der Waals surface area contributed by atoms with E-state index in [2.05, 4.69) is 66.5 Å². The van der Waals surface area contributed by atoms with Crippen molar-refractivity contribution in [2.45, 2.75) is 13.1 Å². The summed E-state index contributed by atoms with van der Waals surface area (Å²) in [5.41, 5.74) is 4.09. The Kier molecular flexibility index (Phi) is 4.33. The standard InChI is InChI=1S/C28H19NO2Se2Si/c1-34(2)23-12-6-5-10-20(23)29-25-21(11-7-13-24(25)34)33-22-15-16(32-28(22)29)14-19-26(30)17-8-3-4-9-18(17)27(19)31/h3-15H,1-2H3. The number of nitrogens with zero attached hydrogens (tertiary/aromatic N) is 1. The number of allylic oxidation sites excluding steroid dienone is 1. The molecule has 7 rings (SSSR count). The molecule has 0 bridgehead atoms. The molecule has 0 spiro atoms. The first kappa shape index (κ1) is 20.6. The minimum atomic E-state index is -1.80. The third-order valence-corrected chi connectivity index (χ3v) is 15.7. The number of ketones is 2. The molecular formula is C28H19NO2Se2Si. The first-order chi connectivity index (χ1) is 16.4. The van der Waals surface area contributed by atoms with Gasteiger partial charge in [0.05, 0.1) is 0 Å². The second-order valence-corrected chi connectivity index (χ2v) is 18.1. The van der Waals surface area contributed by atoms with E-state index in [4.69, 9.17) is 0 Å². The van der Waals surface area contributed by atoms with Crippen molar-refractivity contribution in [2.75, 3.05) is 4.90 Å². The molecule has 1 aromatic heterocycles. The summed E-state index contributed by atoms with van der Waals surface area (Å²) in [6, 6.07) is 25.1. The van der Waals surface area contributed by atoms with Gasteiger partial charge in [0.2, 0.25) is 0 Å². The molecule has 0 atom stereocenters. The quantitative estimate of drug-likeness (QED) is 0.172. The van der Waals surface area contributed by atoms with Crippen molar-refractivity contribution in [2.24, 2.45) is 0 Å². The van der Waals surface area contributed by atoms with Crippen LogP contribution >= 0.6 is 0 Å². The molecule has 3 nitrogen and oxygen atoms in total. The van der Waals surface area contributed by atoms with Gasteiger partial charge in [0.15, 0.2) is 0 Å². The zero-order valence-corrected chi connectivity index (χ0v) is 23.0. The molecule has 2 aliphatic heterocycles. The molecule has 4 aromatic rings. The number of carbonyl (C=O) groups excluding carboxylic acids is 2. The fraction of sp³-hybridized carbons (Fsp3) is 0.0714. The molecule has 0 saturated heterocycles. The zero-order valence-electron chi connectivity index (χ0n) is 18.6. The van der Waals surface area contributed by atoms with Gasteiger partial charge in [-0.3, -0.25) is 0 Å². The Labute approximate surface area is 211 Å². The van der Waals surface area contributed by atoms with Gasteiger partial charge >= 0.3 is 212 Å². The third-order valence-electron chi connectivity index (χ3n) is 7.03. The van der Waals surface area contributed by atoms with E-state index in [1.165, 1.54) is 35.2 Å². The van der Waals surface area contributed by atoms with Crippen LogP contribution in [0.3, 0.4) is 0 Å². The summed E-state index contributed by atoms with van der Waals surface area (Å²) in [6.45, 7) is 4.91. The van der Waals surface area contributed by atoms with Crippen LogP contribution in [-0.2, 0) is 0 Å². The van der Waals surface area contributed by atoms with Crippen LogP contribution in [0.2, 0.25) is 13.1 Å². The molecule has 3 heterocycles. The predicted molar refractivity (Wildman–Crippen MR) is 143 cm³/mol. The Morgan fingerprint density at radius 1 is 0.794 bits per heavy atom. The fourth-order valence-corrected chi connectivity index (χ4v) is 14.2. The van der Waals surface area contributed by atoms with E-state index in [9.17, 15) is 9.59 Å². The molecule has 0 amide bonds. The summed E-state index contributed by atoms with van der Waals surface area (Å²) < 4.78 is 5.28. The molecule has 0 unspecified atom stereocenters. The van der Waals surface area contributed by atoms with E-state index in [0.29, 0.717) is 16.7 Å². The molecule has 3 aromatic carbocycles. The Morgan fingerprint density at radius 2 is 1.47 bits per heavy atom. The van der Waals surface area contributed by atoms with Crippen molar-refractivity contribution in [1.29, 1.82) is 0 Å². The Hall–Kier alpha value is -2.72. The molecule has 0 fully saturated rings. The van der Waals surface area contributed by atoms with Crippen LogP contribution in [0.5, 0.6) is 0 Å². The van der Waals surface area contributed by atoms with Crippen molar-refractivity contribution >= 4 is 90.4 Å². The van der Waals surface area contributed by atoms with E-state index in [1.807, 2.05) is 18.2 Å². The van der Waals surface area contributed by atoms with Gasteiger partial charge in [-0.05, 0) is 0 Å². The van der Waals surface area contributed by atoms with Crippen LogP contribution in [0, 0.1) is 0 Å². The van der Waals surface area contributed by atoms with Gasteiger partial charge in [-0.1, -0.05) is 0 Å². The summed E-state index contributed by atoms with van der Waals surface area (Å²) in [7, 11) is -1.80. The average molecular weight is 587 g/mol. The number of rotatable bonds is 1. The number of fused-ring (bicyclic) bond motifs is 5. The Balaban J connectivity index is 1.40. The van der Waals surface area contributed by atoms with Crippen LogP contribution in [0.15, 0.2) is 78.4 Å². The molecule has 164 valence electrons. The van der Waals surface area contributed by atoms with E-state index in [0.717, 1.165) is 4.44 Å². The maximum absolute atomic E-state index is 13.0. The predicted octanol–water partition coefficient (Wildman–Crippen LogP) is 2.78. The number of hydrogen-bond donors (Lipinski definition) is 0. The van der Waals surface area contributed by atoms with Crippen molar-refractivity contribution in [3.8, 4) is 0 Å². The van der Waals surface area contributed by atoms with Gasteiger partial charge in [0.25, 0.3) is 0 Å². The van der Waals surface area contributed by atoms with Crippen molar-refractivity contribution in [1.82, 2.24) is 0 Å². The van der Waals surface area contributed by atoms with E-state index in [1.54, 1.807) is 12.1 Å². The minimum absolute atomic E-state index is 0.0281. The van der Waals surface area contributed by atoms with Crippen LogP contribution in [0.1, 0.15) is 25.2 Å². The van der Waals surface area contributed by atoms with Crippen LogP contribution in [0.4, 0.5) is 15.9 Å². The van der Waals surface area contributed by atoms with Crippen LogP contribution in [-0.4, -0.2) is 49.1 Å². The third kappa shape index (κ3) is 2.69. The van der Waals surface area contributed by atoms with E-state index in [-0.39, 0.29) is 41.0 Å². The molecule has 1 aliphatic carbocycles. The SMILES string of the molecule is C[Si]1(C)c2ccccc2N2c3[se]c(C=C4C(=O)c5ccccc5C4=O)cc3[Se]c3cccc1c32. The summed E-state index contributed by atoms with van der Waals surface area (Å²) in [4.78, 5) is 28.5. The number of carbonyl (C=O) groups is 2. The van der Waals surface area contributed by atoms with Crippen LogP contribution < -0.4 is 24.2 Å². The van der Waals surface area contributed by atoms with Gasteiger partial charge in [0.1, 0.15) is 0 Å². The zero-order chi connectivity index (χ0) is 23.2. The Morgan fingerprint density at radius 3 is 2.24 bits per heavy atom. The average Bonchev–Trinajstić information content (AvgIpc) is 3.35. The normalized spacial score (nSPS) is 16.6. The molecular weight excluding hydrogens is 568 g/mol. The second-order valence-electron chi connectivity index (χ2n) is 9.31. The Bertz CT molecular complexity index is 1580. The van der Waals surface area contributed by atoms with Crippen LogP contribution in [0.25, 0.3) is 6.08 Å². The molecule has 34 heavy (non-hydrogen) atoms. The van der Waals surface area contributed by atoms with Crippen molar-refractivity contribution in [3.63, 3.8) is 0 Å². The summed E-state index contributed by atoms with van der Waals surface area (Å²) in [5, 5.41) is 2.98. The number of benzene rings is 3. The molecule has 3 aliphatic rings. The van der Waals surface area contributed by atoms with Gasteiger partial charge in [-0.25, -0.2) is 0 Å². The molecule has 0 N–H and O–H groups in total. The number of Topliss-reactive ketones (excluding diaryl/α,β-unsaturated/α-hetero) is 2. The summed E-state index contributed by atoms with van der Waals surface area (Å²) in [6.07, 6.45) is 1.87. The van der Waals surface area contributed by atoms with Gasteiger partial charge < -0.3 is 0 Å². The van der Waals surface area contributed by atoms with E-state index >= 15 is 0 Å². The van der Waals surface area contributed by atoms with Gasteiger partial charge in [-0.2, -0.15) is 0 Å². The first-order valence-electron chi connectivity index (χ1n) is 11.2. The first-order valence-corrected chi connectivity index (χ1v) is 17.6. The monoisotopic (exact) mass is 589 g/mol. The van der Waals surface area contributed by atoms with Crippen molar-refractivity contribution < 1.29 is 9.59 Å². The molecule has 0 saturated carbocycles. The molecule has 6 heteroatoms. The van der Waals surface area contributed by atoms with Gasteiger partial charge in [0, 0.05) is 0 Å². The van der Waals surface area contributed by atoms with Gasteiger partial charge in [-0.15, -0.1) is 0 Å². The topological polar surface area (TPSA) is 37.4 Å². The summed E-state index contributed by atoms with van der Waals surface area (Å²) in [5.74, 6) is -0.288. The van der Waals surface area contributed by atoms with Crippen molar-refractivity contribution in [3.05, 3.63) is 93.9 Å². The number of hydrogen-bond acceptors (Lipinski definition) is 3. The number of para-hydroxylation sites is 2.